The van der Waals surface area contributed by atoms with Gasteiger partial charge in [0.25, 0.3) is 0 Å². The summed E-state index contributed by atoms with van der Waals surface area (Å²) in [5, 5.41) is 21.2. The number of ether oxygens (including phenoxy) is 3. The third-order valence-corrected chi connectivity index (χ3v) is 10.5. The first-order chi connectivity index (χ1) is 21.6. The van der Waals surface area contributed by atoms with E-state index in [1.807, 2.05) is 34.6 Å². The molecule has 4 aliphatic rings. The number of aromatic hydroxyl groups is 1. The number of aliphatic carboxylic acids is 1. The summed E-state index contributed by atoms with van der Waals surface area (Å²) in [5.74, 6) is -1.93. The molecule has 0 aromatic heterocycles. The van der Waals surface area contributed by atoms with Crippen LogP contribution in [0.5, 0.6) is 17.2 Å². The first-order valence-electron chi connectivity index (χ1n) is 16.4. The second-order valence-corrected chi connectivity index (χ2v) is 14.7. The van der Waals surface area contributed by atoms with E-state index in [9.17, 15) is 24.6 Å². The maximum Gasteiger partial charge on any atom is 0.310 e. The summed E-state index contributed by atoms with van der Waals surface area (Å²) >= 11 is 0. The van der Waals surface area contributed by atoms with Gasteiger partial charge in [0.15, 0.2) is 5.78 Å². The van der Waals surface area contributed by atoms with E-state index >= 15 is 0 Å². The standard InChI is InChI=1S/C38H48O8/c1-20(2)11-12-25-34-30(32(41)29-27-18-38(8,46-35(25)29)14-13-24(27)21(3)4)31(40)26-16-23(19-39)17-28(33(26)45-34)37(6,7)44-15-9-10-22(5)36(42)43/h9-11,16,19,22-24,27-28,33,41H,3,12-15,17-18H2,1-2,4-8H3,(H,42,43)/b10-9+/t22?,23-,24+,27?,28?,33-,38+/m1/s1. The van der Waals surface area contributed by atoms with Crippen LogP contribution in [0.25, 0.3) is 0 Å². The Morgan fingerprint density at radius 2 is 1.98 bits per heavy atom. The molecule has 2 aliphatic heterocycles. The van der Waals surface area contributed by atoms with Gasteiger partial charge in [-0.1, -0.05) is 42.0 Å². The molecule has 2 bridgehead atoms. The van der Waals surface area contributed by atoms with Gasteiger partial charge < -0.3 is 29.2 Å². The molecule has 2 heterocycles. The molecular formula is C38H48O8. The van der Waals surface area contributed by atoms with Crippen LogP contribution in [0.4, 0.5) is 0 Å². The second-order valence-electron chi connectivity index (χ2n) is 14.7. The van der Waals surface area contributed by atoms with Gasteiger partial charge in [-0.2, -0.15) is 0 Å². The maximum absolute atomic E-state index is 14.5. The van der Waals surface area contributed by atoms with Crippen molar-refractivity contribution in [2.24, 2.45) is 23.7 Å². The normalized spacial score (nSPS) is 28.9. The Morgan fingerprint density at radius 1 is 1.26 bits per heavy atom. The van der Waals surface area contributed by atoms with Gasteiger partial charge >= 0.3 is 5.97 Å². The molecule has 3 unspecified atom stereocenters. The Bertz CT molecular complexity index is 1540. The molecule has 1 fully saturated rings. The number of hydrogen-bond acceptors (Lipinski definition) is 7. The average Bonchev–Trinajstić information content (AvgIpc) is 2.97. The minimum Gasteiger partial charge on any atom is -0.507 e. The first-order valence-corrected chi connectivity index (χ1v) is 16.4. The predicted molar refractivity (Wildman–Crippen MR) is 176 cm³/mol. The van der Waals surface area contributed by atoms with Crippen molar-refractivity contribution in [2.75, 3.05) is 6.61 Å². The SMILES string of the molecule is C=C(C)[C@@H]1CC[C@@]2(C)CC1c1c(O)c3c(c(CC=C(C)C)c1O2)O[C@@H]1C(=C[C@@H](C=O)CC1C(C)(C)OC/C=C/C(C)C(=O)O)C3=O. The van der Waals surface area contributed by atoms with Crippen LogP contribution in [0.15, 0.2) is 47.6 Å². The van der Waals surface area contributed by atoms with Crippen LogP contribution in [-0.4, -0.2) is 52.2 Å². The smallest absolute Gasteiger partial charge is 0.310 e. The number of carboxylic acid groups (broad SMARTS) is 1. The Balaban J connectivity index is 1.63. The second kappa shape index (κ2) is 12.5. The van der Waals surface area contributed by atoms with Crippen molar-refractivity contribution in [3.05, 3.63) is 64.3 Å². The van der Waals surface area contributed by atoms with Gasteiger partial charge in [-0.3, -0.25) is 9.59 Å². The van der Waals surface area contributed by atoms with Crippen molar-refractivity contribution in [3.8, 4) is 17.2 Å². The number of ketones is 1. The predicted octanol–water partition coefficient (Wildman–Crippen LogP) is 7.29. The van der Waals surface area contributed by atoms with Crippen LogP contribution < -0.4 is 9.47 Å². The summed E-state index contributed by atoms with van der Waals surface area (Å²) in [4.78, 5) is 37.9. The molecule has 0 spiro atoms. The summed E-state index contributed by atoms with van der Waals surface area (Å²) in [7, 11) is 0. The molecule has 7 atom stereocenters. The number of carbonyl (C=O) groups is 3. The number of carbonyl (C=O) groups excluding carboxylic acids is 2. The molecule has 0 radical (unpaired) electrons. The monoisotopic (exact) mass is 632 g/mol. The lowest BCUT2D eigenvalue weighted by Crippen LogP contribution is -2.51. The molecule has 1 aromatic carbocycles. The number of hydrogen-bond donors (Lipinski definition) is 2. The van der Waals surface area contributed by atoms with Crippen molar-refractivity contribution in [3.63, 3.8) is 0 Å². The zero-order valence-electron chi connectivity index (χ0n) is 28.1. The van der Waals surface area contributed by atoms with Crippen LogP contribution in [0, 0.1) is 23.7 Å². The van der Waals surface area contributed by atoms with E-state index in [1.165, 1.54) is 0 Å². The molecule has 0 amide bonds. The fraction of sp³-hybridized carbons (Fsp3) is 0.553. The summed E-state index contributed by atoms with van der Waals surface area (Å²) in [6, 6.07) is 0. The minimum absolute atomic E-state index is 0.0543. The minimum atomic E-state index is -0.926. The van der Waals surface area contributed by atoms with E-state index in [-0.39, 0.29) is 35.5 Å². The summed E-state index contributed by atoms with van der Waals surface area (Å²) < 4.78 is 19.9. The third kappa shape index (κ3) is 6.08. The Morgan fingerprint density at radius 3 is 2.61 bits per heavy atom. The Hall–Kier alpha value is -3.65. The fourth-order valence-corrected chi connectivity index (χ4v) is 7.77. The van der Waals surface area contributed by atoms with Crippen LogP contribution in [0.2, 0.25) is 0 Å². The first kappa shape index (κ1) is 33.7. The number of aldehydes is 1. The molecule has 2 aliphatic carbocycles. The highest BCUT2D eigenvalue weighted by Gasteiger charge is 2.53. The topological polar surface area (TPSA) is 119 Å². The number of rotatable bonds is 10. The van der Waals surface area contributed by atoms with Crippen molar-refractivity contribution in [2.45, 2.75) is 104 Å². The average molecular weight is 633 g/mol. The highest BCUT2D eigenvalue weighted by Crippen LogP contribution is 2.60. The Labute approximate surface area is 272 Å². The lowest BCUT2D eigenvalue weighted by molar-refractivity contribution is -0.139. The fourth-order valence-electron chi connectivity index (χ4n) is 7.77. The van der Waals surface area contributed by atoms with E-state index in [1.54, 1.807) is 25.2 Å². The number of fused-ring (bicyclic) bond motifs is 6. The Kier molecular flexibility index (Phi) is 9.17. The molecule has 8 nitrogen and oxygen atoms in total. The maximum atomic E-state index is 14.5. The molecule has 46 heavy (non-hydrogen) atoms. The van der Waals surface area contributed by atoms with Crippen molar-refractivity contribution in [1.29, 1.82) is 0 Å². The van der Waals surface area contributed by atoms with Crippen LogP contribution in [0.3, 0.4) is 0 Å². The number of allylic oxidation sites excluding steroid dienone is 4. The lowest BCUT2D eigenvalue weighted by Gasteiger charge is -2.50. The molecule has 5 rings (SSSR count). The summed E-state index contributed by atoms with van der Waals surface area (Å²) in [6.45, 7) is 18.0. The number of benzene rings is 1. The van der Waals surface area contributed by atoms with E-state index in [0.717, 1.165) is 35.8 Å². The molecular weight excluding hydrogens is 584 g/mol. The summed E-state index contributed by atoms with van der Waals surface area (Å²) in [5.41, 5.74) is 2.75. The number of phenolic OH excluding ortho intramolecular Hbond substituents is 1. The van der Waals surface area contributed by atoms with E-state index < -0.39 is 41.0 Å². The molecule has 1 aromatic rings. The molecule has 2 N–H and O–H groups in total. The van der Waals surface area contributed by atoms with Gasteiger partial charge in [0, 0.05) is 34.5 Å². The van der Waals surface area contributed by atoms with Gasteiger partial charge in [0.2, 0.25) is 0 Å². The molecule has 248 valence electrons. The largest absolute Gasteiger partial charge is 0.507 e. The molecule has 8 heteroatoms. The number of phenols is 1. The number of carboxylic acids is 1. The zero-order valence-corrected chi connectivity index (χ0v) is 28.1. The van der Waals surface area contributed by atoms with Gasteiger partial charge in [-0.25, -0.2) is 0 Å². The van der Waals surface area contributed by atoms with Gasteiger partial charge in [-0.15, -0.1) is 0 Å². The van der Waals surface area contributed by atoms with Gasteiger partial charge in [-0.05, 0) is 86.5 Å². The molecule has 0 saturated heterocycles. The van der Waals surface area contributed by atoms with Crippen LogP contribution in [-0.2, 0) is 20.7 Å². The lowest BCUT2D eigenvalue weighted by atomic mass is 9.64. The van der Waals surface area contributed by atoms with Crippen molar-refractivity contribution >= 4 is 18.0 Å². The van der Waals surface area contributed by atoms with Crippen LogP contribution in [0.1, 0.15) is 102 Å². The molecule has 1 saturated carbocycles. The van der Waals surface area contributed by atoms with Crippen LogP contribution >= 0.6 is 0 Å². The quantitative estimate of drug-likeness (QED) is 0.204. The van der Waals surface area contributed by atoms with E-state index in [2.05, 4.69) is 19.6 Å². The zero-order chi connectivity index (χ0) is 33.7. The van der Waals surface area contributed by atoms with E-state index in [0.29, 0.717) is 41.9 Å². The number of Topliss-reactive ketones (excluding diaryl/α,β-unsaturated/α-hetero) is 1. The highest BCUT2D eigenvalue weighted by molar-refractivity contribution is 6.15. The third-order valence-electron chi connectivity index (χ3n) is 10.5. The van der Waals surface area contributed by atoms with E-state index in [4.69, 9.17) is 14.2 Å². The van der Waals surface area contributed by atoms with Crippen molar-refractivity contribution in [1.82, 2.24) is 0 Å². The van der Waals surface area contributed by atoms with Crippen molar-refractivity contribution < 1.29 is 38.8 Å². The van der Waals surface area contributed by atoms with Gasteiger partial charge in [0.1, 0.15) is 40.8 Å². The highest BCUT2D eigenvalue weighted by atomic mass is 16.5. The summed E-state index contributed by atoms with van der Waals surface area (Å²) in [6.07, 6.45) is 10.4. The van der Waals surface area contributed by atoms with Gasteiger partial charge in [0.05, 0.1) is 18.1 Å².